The van der Waals surface area contributed by atoms with Gasteiger partial charge < -0.3 is 14.3 Å². The van der Waals surface area contributed by atoms with E-state index in [0.717, 1.165) is 22.2 Å². The van der Waals surface area contributed by atoms with Gasteiger partial charge >= 0.3 is 0 Å². The summed E-state index contributed by atoms with van der Waals surface area (Å²) in [4.78, 5) is 26.1. The standard InChI is InChI=1S/C22H14ClNO4S2/c23-16-9-5-4-8-15(16)17-11-10-14(28-17)12-18-20(25)24(22(29)30-18)19(21(26)27)13-6-2-1-3-7-13/h1-12,19H,(H,26,27)/p-1/b18-12+/t19-/m1/s1. The number of halogens is 1. The fraction of sp³-hybridized carbons (Fsp3) is 0.0455. The molecule has 1 aliphatic rings. The fourth-order valence-electron chi connectivity index (χ4n) is 3.09. The normalized spacial score (nSPS) is 16.3. The summed E-state index contributed by atoms with van der Waals surface area (Å²) >= 11 is 12.5. The number of rotatable bonds is 5. The topological polar surface area (TPSA) is 73.6 Å². The number of amides is 1. The van der Waals surface area contributed by atoms with E-state index in [0.29, 0.717) is 22.1 Å². The largest absolute Gasteiger partial charge is 0.547 e. The number of hydrogen-bond acceptors (Lipinski definition) is 6. The molecule has 0 saturated carbocycles. The molecule has 1 saturated heterocycles. The van der Waals surface area contributed by atoms with Crippen LogP contribution < -0.4 is 5.11 Å². The molecule has 4 rings (SSSR count). The molecule has 3 aromatic rings. The minimum Gasteiger partial charge on any atom is -0.547 e. The highest BCUT2D eigenvalue weighted by molar-refractivity contribution is 8.26. The van der Waals surface area contributed by atoms with Gasteiger partial charge in [0.05, 0.1) is 15.9 Å². The minimum atomic E-state index is -1.40. The number of carboxylic acid groups (broad SMARTS) is 1. The van der Waals surface area contributed by atoms with Crippen molar-refractivity contribution in [2.75, 3.05) is 0 Å². The van der Waals surface area contributed by atoms with Crippen LogP contribution in [-0.4, -0.2) is 21.1 Å². The number of thioether (sulfide) groups is 1. The van der Waals surface area contributed by atoms with Gasteiger partial charge in [-0.15, -0.1) is 0 Å². The van der Waals surface area contributed by atoms with Crippen LogP contribution in [0.2, 0.25) is 5.02 Å². The Kier molecular flexibility index (Phi) is 5.76. The Labute approximate surface area is 186 Å². The fourth-order valence-corrected chi connectivity index (χ4v) is 4.62. The van der Waals surface area contributed by atoms with Gasteiger partial charge in [0.2, 0.25) is 0 Å². The third-order valence-corrected chi connectivity index (χ3v) is 6.12. The summed E-state index contributed by atoms with van der Waals surface area (Å²) in [5.74, 6) is -0.939. The predicted octanol–water partition coefficient (Wildman–Crippen LogP) is 4.29. The molecule has 30 heavy (non-hydrogen) atoms. The summed E-state index contributed by atoms with van der Waals surface area (Å²) < 4.78 is 5.95. The van der Waals surface area contributed by atoms with Gasteiger partial charge in [0.1, 0.15) is 21.9 Å². The summed E-state index contributed by atoms with van der Waals surface area (Å²) in [5, 5.41) is 12.4. The molecule has 2 heterocycles. The number of hydrogen-bond donors (Lipinski definition) is 0. The lowest BCUT2D eigenvalue weighted by molar-refractivity contribution is -0.310. The molecule has 150 valence electrons. The third kappa shape index (κ3) is 3.92. The van der Waals surface area contributed by atoms with Gasteiger partial charge in [0.15, 0.2) is 0 Å². The lowest BCUT2D eigenvalue weighted by Crippen LogP contribution is -2.43. The van der Waals surface area contributed by atoms with E-state index in [1.165, 1.54) is 6.08 Å². The first-order valence-electron chi connectivity index (χ1n) is 8.83. The number of thiocarbonyl (C=S) groups is 1. The number of nitrogens with zero attached hydrogens (tertiary/aromatic N) is 1. The number of carboxylic acids is 1. The molecular formula is C22H13ClNO4S2-. The molecule has 1 aromatic heterocycles. The van der Waals surface area contributed by atoms with Gasteiger partial charge in [-0.3, -0.25) is 9.69 Å². The Balaban J connectivity index is 1.64. The van der Waals surface area contributed by atoms with Gasteiger partial charge in [0, 0.05) is 11.6 Å². The van der Waals surface area contributed by atoms with Crippen LogP contribution >= 0.6 is 35.6 Å². The van der Waals surface area contributed by atoms with Gasteiger partial charge in [-0.2, -0.15) is 0 Å². The maximum absolute atomic E-state index is 13.0. The number of carbonyl (C=O) groups is 2. The highest BCUT2D eigenvalue weighted by Crippen LogP contribution is 2.39. The second-order valence-electron chi connectivity index (χ2n) is 6.37. The van der Waals surface area contributed by atoms with Crippen molar-refractivity contribution in [1.82, 2.24) is 4.90 Å². The quantitative estimate of drug-likeness (QED) is 0.423. The van der Waals surface area contributed by atoms with Crippen LogP contribution in [0.5, 0.6) is 0 Å². The summed E-state index contributed by atoms with van der Waals surface area (Å²) in [6.45, 7) is 0. The second kappa shape index (κ2) is 8.47. The molecule has 1 amide bonds. The maximum atomic E-state index is 13.0. The van der Waals surface area contributed by atoms with Crippen molar-refractivity contribution in [3.8, 4) is 11.3 Å². The molecule has 8 heteroatoms. The average Bonchev–Trinajstić information content (AvgIpc) is 3.29. The Morgan fingerprint density at radius 2 is 1.80 bits per heavy atom. The Bertz CT molecular complexity index is 1170. The molecule has 0 aliphatic carbocycles. The van der Waals surface area contributed by atoms with Crippen LogP contribution in [0.15, 0.2) is 76.1 Å². The van der Waals surface area contributed by atoms with Gasteiger partial charge in [-0.1, -0.05) is 78.0 Å². The number of aliphatic carboxylic acids is 1. The summed E-state index contributed by atoms with van der Waals surface area (Å²) in [6, 6.07) is 17.8. The Morgan fingerprint density at radius 1 is 1.10 bits per heavy atom. The lowest BCUT2D eigenvalue weighted by atomic mass is 10.1. The predicted molar refractivity (Wildman–Crippen MR) is 118 cm³/mol. The first kappa shape index (κ1) is 20.4. The smallest absolute Gasteiger partial charge is 0.267 e. The van der Waals surface area contributed by atoms with E-state index in [9.17, 15) is 14.7 Å². The van der Waals surface area contributed by atoms with Gasteiger partial charge in [0.25, 0.3) is 5.91 Å². The van der Waals surface area contributed by atoms with Gasteiger partial charge in [-0.25, -0.2) is 0 Å². The van der Waals surface area contributed by atoms with E-state index in [-0.39, 0.29) is 9.23 Å². The van der Waals surface area contributed by atoms with E-state index in [1.807, 2.05) is 18.2 Å². The lowest BCUT2D eigenvalue weighted by Gasteiger charge is -2.27. The zero-order chi connectivity index (χ0) is 21.3. The van der Waals surface area contributed by atoms with Crippen molar-refractivity contribution in [2.24, 2.45) is 0 Å². The zero-order valence-electron chi connectivity index (χ0n) is 15.3. The zero-order valence-corrected chi connectivity index (χ0v) is 17.7. The van der Waals surface area contributed by atoms with Crippen LogP contribution in [-0.2, 0) is 9.59 Å². The van der Waals surface area contributed by atoms with Crippen molar-refractivity contribution >= 4 is 57.9 Å². The highest BCUT2D eigenvalue weighted by atomic mass is 35.5. The number of furan rings is 1. The van der Waals surface area contributed by atoms with Crippen molar-refractivity contribution in [3.05, 3.63) is 88.0 Å². The van der Waals surface area contributed by atoms with Gasteiger partial charge in [-0.05, 0) is 29.8 Å². The average molecular weight is 455 g/mol. The van der Waals surface area contributed by atoms with E-state index in [2.05, 4.69) is 0 Å². The minimum absolute atomic E-state index is 0.141. The van der Waals surface area contributed by atoms with Crippen LogP contribution in [0.1, 0.15) is 17.4 Å². The van der Waals surface area contributed by atoms with E-state index < -0.39 is 17.9 Å². The molecule has 5 nitrogen and oxygen atoms in total. The molecule has 0 N–H and O–H groups in total. The third-order valence-electron chi connectivity index (χ3n) is 4.46. The van der Waals surface area contributed by atoms with Crippen LogP contribution in [0.25, 0.3) is 17.4 Å². The maximum Gasteiger partial charge on any atom is 0.267 e. The van der Waals surface area contributed by atoms with Crippen molar-refractivity contribution < 1.29 is 19.1 Å². The molecule has 1 fully saturated rings. The highest BCUT2D eigenvalue weighted by Gasteiger charge is 2.38. The SMILES string of the molecule is O=C([O-])[C@@H](c1ccccc1)N1C(=O)/C(=C\c2ccc(-c3ccccc3Cl)o2)SC1=S. The molecule has 0 unspecified atom stereocenters. The Hall–Kier alpha value is -2.87. The summed E-state index contributed by atoms with van der Waals surface area (Å²) in [6.07, 6.45) is 1.54. The molecule has 1 aliphatic heterocycles. The number of carbonyl (C=O) groups excluding carboxylic acids is 2. The summed E-state index contributed by atoms with van der Waals surface area (Å²) in [5.41, 5.74) is 1.14. The molecule has 2 aromatic carbocycles. The van der Waals surface area contributed by atoms with Crippen molar-refractivity contribution in [2.45, 2.75) is 6.04 Å². The molecule has 0 bridgehead atoms. The number of benzene rings is 2. The van der Waals surface area contributed by atoms with E-state index in [4.69, 9.17) is 28.2 Å². The van der Waals surface area contributed by atoms with Crippen molar-refractivity contribution in [3.63, 3.8) is 0 Å². The van der Waals surface area contributed by atoms with Crippen LogP contribution in [0.4, 0.5) is 0 Å². The second-order valence-corrected chi connectivity index (χ2v) is 8.45. The monoisotopic (exact) mass is 454 g/mol. The van der Waals surface area contributed by atoms with Crippen LogP contribution in [0.3, 0.4) is 0 Å². The molecular weight excluding hydrogens is 442 g/mol. The van der Waals surface area contributed by atoms with E-state index in [1.54, 1.807) is 48.5 Å². The molecule has 0 spiro atoms. The Morgan fingerprint density at radius 3 is 2.50 bits per heavy atom. The van der Waals surface area contributed by atoms with Crippen LogP contribution in [0, 0.1) is 0 Å². The first-order valence-corrected chi connectivity index (χ1v) is 10.4. The summed E-state index contributed by atoms with van der Waals surface area (Å²) in [7, 11) is 0. The molecule has 0 radical (unpaired) electrons. The van der Waals surface area contributed by atoms with E-state index >= 15 is 0 Å². The first-order chi connectivity index (χ1) is 14.5. The molecule has 1 atom stereocenters. The van der Waals surface area contributed by atoms with Crippen molar-refractivity contribution in [1.29, 1.82) is 0 Å².